The zero-order valence-corrected chi connectivity index (χ0v) is 8.89. The molecule has 0 unspecified atom stereocenters. The molecule has 0 radical (unpaired) electrons. The molecule has 0 saturated heterocycles. The molecule has 0 aliphatic rings. The molecule has 74 valence electrons. The third kappa shape index (κ3) is 3.25. The second-order valence-electron chi connectivity index (χ2n) is 2.68. The summed E-state index contributed by atoms with van der Waals surface area (Å²) in [5.74, 6) is -0.251. The number of primary sulfonamides is 1. The van der Waals surface area contributed by atoms with Gasteiger partial charge < -0.3 is 4.90 Å². The highest BCUT2D eigenvalue weighted by Crippen LogP contribution is 2.18. The van der Waals surface area contributed by atoms with Crippen LogP contribution in [0.4, 0.5) is 5.13 Å². The van der Waals surface area contributed by atoms with Crippen LogP contribution in [-0.2, 0) is 15.8 Å². The van der Waals surface area contributed by atoms with Crippen LogP contribution in [0.5, 0.6) is 0 Å². The van der Waals surface area contributed by atoms with Crippen molar-refractivity contribution in [1.82, 2.24) is 10.2 Å². The molecule has 1 aromatic heterocycles. The summed E-state index contributed by atoms with van der Waals surface area (Å²) < 4.78 is 21.4. The Kier molecular flexibility index (Phi) is 2.84. The first kappa shape index (κ1) is 10.4. The van der Waals surface area contributed by atoms with Crippen LogP contribution in [0, 0.1) is 0 Å². The minimum atomic E-state index is -3.50. The summed E-state index contributed by atoms with van der Waals surface area (Å²) in [7, 11) is 0.113. The molecule has 0 aliphatic heterocycles. The number of sulfonamides is 1. The van der Waals surface area contributed by atoms with Gasteiger partial charge in [0, 0.05) is 14.1 Å². The average molecular weight is 222 g/mol. The maximum absolute atomic E-state index is 10.7. The lowest BCUT2D eigenvalue weighted by Crippen LogP contribution is -2.14. The molecule has 0 spiro atoms. The number of hydrogen-bond donors (Lipinski definition) is 1. The van der Waals surface area contributed by atoms with Crippen LogP contribution in [0.15, 0.2) is 0 Å². The molecule has 2 N–H and O–H groups in total. The summed E-state index contributed by atoms with van der Waals surface area (Å²) in [6.07, 6.45) is 0. The quantitative estimate of drug-likeness (QED) is 0.737. The fourth-order valence-corrected chi connectivity index (χ4v) is 2.34. The molecule has 0 aliphatic carbocycles. The van der Waals surface area contributed by atoms with Gasteiger partial charge in [-0.3, -0.25) is 0 Å². The van der Waals surface area contributed by atoms with Gasteiger partial charge in [-0.25, -0.2) is 13.6 Å². The second kappa shape index (κ2) is 3.56. The second-order valence-corrected chi connectivity index (χ2v) is 5.33. The van der Waals surface area contributed by atoms with Crippen LogP contribution >= 0.6 is 11.3 Å². The summed E-state index contributed by atoms with van der Waals surface area (Å²) >= 11 is 1.21. The highest BCUT2D eigenvalue weighted by atomic mass is 32.2. The third-order valence-corrected chi connectivity index (χ3v) is 3.11. The summed E-state index contributed by atoms with van der Waals surface area (Å²) in [5.41, 5.74) is 0. The molecule has 6 nitrogen and oxygen atoms in total. The lowest BCUT2D eigenvalue weighted by Gasteiger charge is -2.03. The Hall–Kier alpha value is -0.730. The van der Waals surface area contributed by atoms with E-state index in [-0.39, 0.29) is 5.75 Å². The topological polar surface area (TPSA) is 89.2 Å². The van der Waals surface area contributed by atoms with Crippen molar-refractivity contribution in [2.24, 2.45) is 5.14 Å². The Balaban J connectivity index is 2.81. The summed E-state index contributed by atoms with van der Waals surface area (Å²) in [6.45, 7) is 0. The van der Waals surface area contributed by atoms with Crippen molar-refractivity contribution in [2.75, 3.05) is 19.0 Å². The molecule has 1 heterocycles. The molecule has 13 heavy (non-hydrogen) atoms. The number of aromatic nitrogens is 2. The van der Waals surface area contributed by atoms with Crippen molar-refractivity contribution in [1.29, 1.82) is 0 Å². The Bertz CT molecular complexity index is 383. The van der Waals surface area contributed by atoms with E-state index in [0.717, 1.165) is 0 Å². The Morgan fingerprint density at radius 3 is 2.46 bits per heavy atom. The van der Waals surface area contributed by atoms with Crippen LogP contribution < -0.4 is 10.0 Å². The summed E-state index contributed by atoms with van der Waals surface area (Å²) in [4.78, 5) is 1.75. The monoisotopic (exact) mass is 222 g/mol. The maximum Gasteiger partial charge on any atom is 0.215 e. The number of anilines is 1. The van der Waals surface area contributed by atoms with Gasteiger partial charge in [0.1, 0.15) is 10.8 Å². The largest absolute Gasteiger partial charge is 0.353 e. The fraction of sp³-hybridized carbons (Fsp3) is 0.600. The normalized spacial score (nSPS) is 11.6. The fourth-order valence-electron chi connectivity index (χ4n) is 0.656. The minimum Gasteiger partial charge on any atom is -0.353 e. The Morgan fingerprint density at radius 1 is 1.46 bits per heavy atom. The van der Waals surface area contributed by atoms with E-state index < -0.39 is 10.0 Å². The summed E-state index contributed by atoms with van der Waals surface area (Å²) in [5, 5.41) is 13.4. The minimum absolute atomic E-state index is 0.251. The molecule has 1 rings (SSSR count). The van der Waals surface area contributed by atoms with E-state index in [1.165, 1.54) is 11.3 Å². The van der Waals surface area contributed by atoms with E-state index >= 15 is 0 Å². The van der Waals surface area contributed by atoms with Gasteiger partial charge in [0.05, 0.1) is 0 Å². The van der Waals surface area contributed by atoms with Crippen molar-refractivity contribution in [2.45, 2.75) is 5.75 Å². The predicted molar refractivity (Wildman–Crippen MR) is 51.0 cm³/mol. The SMILES string of the molecule is CN(C)c1nnc(CS(N)(=O)=O)s1. The number of nitrogens with zero attached hydrogens (tertiary/aromatic N) is 3. The van der Waals surface area contributed by atoms with Crippen molar-refractivity contribution in [3.63, 3.8) is 0 Å². The first-order valence-electron chi connectivity index (χ1n) is 3.38. The van der Waals surface area contributed by atoms with E-state index in [4.69, 9.17) is 5.14 Å². The molecule has 1 aromatic rings. The zero-order valence-electron chi connectivity index (χ0n) is 7.26. The van der Waals surface area contributed by atoms with Gasteiger partial charge in [0.25, 0.3) is 0 Å². The zero-order chi connectivity index (χ0) is 10.1. The smallest absolute Gasteiger partial charge is 0.215 e. The highest BCUT2D eigenvalue weighted by Gasteiger charge is 2.11. The molecule has 0 aromatic carbocycles. The van der Waals surface area contributed by atoms with Crippen LogP contribution in [0.1, 0.15) is 5.01 Å². The molecular weight excluding hydrogens is 212 g/mol. The van der Waals surface area contributed by atoms with E-state index in [2.05, 4.69) is 10.2 Å². The Morgan fingerprint density at radius 2 is 2.08 bits per heavy atom. The number of rotatable bonds is 3. The van der Waals surface area contributed by atoms with E-state index in [1.54, 1.807) is 19.0 Å². The molecule has 0 fully saturated rings. The number of nitrogens with two attached hydrogens (primary N) is 1. The number of hydrogen-bond acceptors (Lipinski definition) is 6. The Labute approximate surface area is 80.4 Å². The molecule has 0 atom stereocenters. The lowest BCUT2D eigenvalue weighted by atomic mass is 10.9. The molecule has 8 heteroatoms. The van der Waals surface area contributed by atoms with Gasteiger partial charge in [-0.15, -0.1) is 10.2 Å². The first-order chi connectivity index (χ1) is 5.88. The van der Waals surface area contributed by atoms with Gasteiger partial charge >= 0.3 is 0 Å². The van der Waals surface area contributed by atoms with Crippen molar-refractivity contribution < 1.29 is 8.42 Å². The maximum atomic E-state index is 10.7. The van der Waals surface area contributed by atoms with Gasteiger partial charge in [0.2, 0.25) is 15.2 Å². The molecule has 0 saturated carbocycles. The van der Waals surface area contributed by atoms with Gasteiger partial charge in [-0.2, -0.15) is 0 Å². The molecular formula is C5H10N4O2S2. The standard InChI is InChI=1S/C5H10N4O2S2/c1-9(2)5-8-7-4(12-5)3-13(6,10)11/h3H2,1-2H3,(H2,6,10,11). The van der Waals surface area contributed by atoms with Crippen LogP contribution in [0.3, 0.4) is 0 Å². The van der Waals surface area contributed by atoms with E-state index in [1.807, 2.05) is 0 Å². The van der Waals surface area contributed by atoms with Gasteiger partial charge in [-0.1, -0.05) is 11.3 Å². The first-order valence-corrected chi connectivity index (χ1v) is 5.92. The van der Waals surface area contributed by atoms with E-state index in [9.17, 15) is 8.42 Å². The van der Waals surface area contributed by atoms with Crippen molar-refractivity contribution >= 4 is 26.5 Å². The van der Waals surface area contributed by atoms with Gasteiger partial charge in [0.15, 0.2) is 0 Å². The van der Waals surface area contributed by atoms with Gasteiger partial charge in [-0.05, 0) is 0 Å². The third-order valence-electron chi connectivity index (χ3n) is 1.16. The van der Waals surface area contributed by atoms with Crippen molar-refractivity contribution in [3.8, 4) is 0 Å². The van der Waals surface area contributed by atoms with E-state index in [0.29, 0.717) is 10.1 Å². The van der Waals surface area contributed by atoms with Crippen molar-refractivity contribution in [3.05, 3.63) is 5.01 Å². The van der Waals surface area contributed by atoms with Crippen LogP contribution in [0.25, 0.3) is 0 Å². The molecule has 0 amide bonds. The highest BCUT2D eigenvalue weighted by molar-refractivity contribution is 7.88. The van der Waals surface area contributed by atoms with Crippen LogP contribution in [-0.4, -0.2) is 32.7 Å². The molecule has 0 bridgehead atoms. The predicted octanol–water partition coefficient (Wildman–Crippen LogP) is -0.607. The summed E-state index contributed by atoms with van der Waals surface area (Å²) in [6, 6.07) is 0. The van der Waals surface area contributed by atoms with Crippen LogP contribution in [0.2, 0.25) is 0 Å². The lowest BCUT2D eigenvalue weighted by molar-refractivity contribution is 0.596. The average Bonchev–Trinajstić information content (AvgIpc) is 2.31.